The lowest BCUT2D eigenvalue weighted by Gasteiger charge is -2.13. The van der Waals surface area contributed by atoms with Gasteiger partial charge in [0.1, 0.15) is 0 Å². The number of nitrogens with one attached hydrogen (secondary N) is 1. The van der Waals surface area contributed by atoms with Gasteiger partial charge >= 0.3 is 6.18 Å². The van der Waals surface area contributed by atoms with Gasteiger partial charge in [-0.1, -0.05) is 15.9 Å². The summed E-state index contributed by atoms with van der Waals surface area (Å²) in [7, 11) is 0. The number of nitrogens with two attached hydrogens (primary N) is 1. The number of alkyl halides is 3. The number of anilines is 1. The van der Waals surface area contributed by atoms with E-state index in [0.29, 0.717) is 5.92 Å². The van der Waals surface area contributed by atoms with Gasteiger partial charge in [-0.25, -0.2) is 0 Å². The maximum Gasteiger partial charge on any atom is 0.417 e. The molecule has 1 fully saturated rings. The zero-order valence-electron chi connectivity index (χ0n) is 10.5. The van der Waals surface area contributed by atoms with Gasteiger partial charge in [-0.15, -0.1) is 0 Å². The molecule has 0 spiro atoms. The van der Waals surface area contributed by atoms with Crippen LogP contribution in [-0.4, -0.2) is 11.9 Å². The summed E-state index contributed by atoms with van der Waals surface area (Å²) in [5, 5.41) is 2.46. The van der Waals surface area contributed by atoms with Crippen molar-refractivity contribution >= 4 is 27.5 Å². The minimum Gasteiger partial charge on any atom is -0.327 e. The van der Waals surface area contributed by atoms with Crippen LogP contribution in [0.1, 0.15) is 24.8 Å². The largest absolute Gasteiger partial charge is 0.417 e. The predicted molar refractivity (Wildman–Crippen MR) is 73.1 cm³/mol. The minimum atomic E-state index is -4.47. The highest BCUT2D eigenvalue weighted by Crippen LogP contribution is 2.36. The average molecular weight is 351 g/mol. The molecule has 1 aromatic carbocycles. The van der Waals surface area contributed by atoms with E-state index in [-0.39, 0.29) is 28.5 Å². The third-order valence-electron chi connectivity index (χ3n) is 3.20. The van der Waals surface area contributed by atoms with Crippen molar-refractivity contribution < 1.29 is 18.0 Å². The zero-order chi connectivity index (χ0) is 14.9. The van der Waals surface area contributed by atoms with Crippen LogP contribution in [0.15, 0.2) is 22.7 Å². The summed E-state index contributed by atoms with van der Waals surface area (Å²) in [6.45, 7) is 0. The first kappa shape index (κ1) is 15.3. The van der Waals surface area contributed by atoms with Crippen molar-refractivity contribution in [3.05, 3.63) is 28.2 Å². The van der Waals surface area contributed by atoms with E-state index in [1.165, 1.54) is 12.1 Å². The molecule has 0 radical (unpaired) electrons. The molecule has 7 heteroatoms. The third-order valence-corrected chi connectivity index (χ3v) is 3.90. The second-order valence-corrected chi connectivity index (χ2v) is 5.80. The molecule has 0 aromatic heterocycles. The number of rotatable bonds is 4. The molecule has 1 atom stereocenters. The van der Waals surface area contributed by atoms with Crippen molar-refractivity contribution in [3.63, 3.8) is 0 Å². The maximum atomic E-state index is 12.7. The molecule has 2 rings (SSSR count). The van der Waals surface area contributed by atoms with Crippen LogP contribution in [0.4, 0.5) is 18.9 Å². The highest BCUT2D eigenvalue weighted by atomic mass is 79.9. The Morgan fingerprint density at radius 1 is 1.45 bits per heavy atom. The Labute approximate surface area is 122 Å². The first-order valence-electron chi connectivity index (χ1n) is 6.19. The fraction of sp³-hybridized carbons (Fsp3) is 0.462. The summed E-state index contributed by atoms with van der Waals surface area (Å²) < 4.78 is 38.1. The van der Waals surface area contributed by atoms with E-state index in [1.54, 1.807) is 0 Å². The van der Waals surface area contributed by atoms with E-state index in [1.807, 2.05) is 0 Å². The van der Waals surface area contributed by atoms with Crippen molar-refractivity contribution in [2.75, 3.05) is 5.32 Å². The second kappa shape index (κ2) is 5.73. The van der Waals surface area contributed by atoms with Crippen molar-refractivity contribution in [2.45, 2.75) is 31.5 Å². The predicted octanol–water partition coefficient (Wildman–Crippen LogP) is 3.53. The summed E-state index contributed by atoms with van der Waals surface area (Å²) in [5.41, 5.74) is 5.11. The Balaban J connectivity index is 2.03. The van der Waals surface area contributed by atoms with Gasteiger partial charge in [0.15, 0.2) is 0 Å². The number of hydrogen-bond acceptors (Lipinski definition) is 2. The first-order chi connectivity index (χ1) is 9.27. The van der Waals surface area contributed by atoms with Gasteiger partial charge in [-0.3, -0.25) is 4.79 Å². The van der Waals surface area contributed by atoms with E-state index in [4.69, 9.17) is 5.73 Å². The molecule has 1 aliphatic rings. The third kappa shape index (κ3) is 3.96. The van der Waals surface area contributed by atoms with E-state index in [2.05, 4.69) is 21.2 Å². The smallest absolute Gasteiger partial charge is 0.327 e. The van der Waals surface area contributed by atoms with Gasteiger partial charge in [0, 0.05) is 22.6 Å². The number of hydrogen-bond donors (Lipinski definition) is 2. The Morgan fingerprint density at radius 2 is 2.10 bits per heavy atom. The summed E-state index contributed by atoms with van der Waals surface area (Å²) in [6.07, 6.45) is -2.30. The Bertz CT molecular complexity index is 515. The zero-order valence-corrected chi connectivity index (χ0v) is 12.1. The number of halogens is 4. The quantitative estimate of drug-likeness (QED) is 0.872. The van der Waals surface area contributed by atoms with Crippen LogP contribution in [0, 0.1) is 5.92 Å². The highest BCUT2D eigenvalue weighted by Gasteiger charge is 2.33. The van der Waals surface area contributed by atoms with Gasteiger partial charge in [0.05, 0.1) is 5.56 Å². The van der Waals surface area contributed by atoms with Gasteiger partial charge in [0.2, 0.25) is 5.91 Å². The monoisotopic (exact) mass is 350 g/mol. The fourth-order valence-corrected chi connectivity index (χ4v) is 2.41. The average Bonchev–Trinajstić information content (AvgIpc) is 3.13. The summed E-state index contributed by atoms with van der Waals surface area (Å²) in [4.78, 5) is 11.7. The molecule has 110 valence electrons. The number of benzene rings is 1. The van der Waals surface area contributed by atoms with Crippen LogP contribution in [0.5, 0.6) is 0 Å². The standard InChI is InChI=1S/C13H14BrF3N2O/c14-10-4-3-8(5-9(10)13(15,16)17)19-12(20)6-11(18)7-1-2-7/h3-5,7,11H,1-2,6,18H2,(H,19,20). The van der Waals surface area contributed by atoms with Gasteiger partial charge in [-0.05, 0) is 37.0 Å². The number of carbonyl (C=O) groups excluding carboxylic acids is 1. The van der Waals surface area contributed by atoms with Crippen LogP contribution in [0.25, 0.3) is 0 Å². The van der Waals surface area contributed by atoms with Gasteiger partial charge < -0.3 is 11.1 Å². The van der Waals surface area contributed by atoms with E-state index in [9.17, 15) is 18.0 Å². The molecular formula is C13H14BrF3N2O. The molecule has 1 amide bonds. The van der Waals surface area contributed by atoms with Crippen LogP contribution in [0.3, 0.4) is 0 Å². The maximum absolute atomic E-state index is 12.7. The van der Waals surface area contributed by atoms with E-state index < -0.39 is 11.7 Å². The summed E-state index contributed by atoms with van der Waals surface area (Å²) in [5.74, 6) is 0.0104. The van der Waals surface area contributed by atoms with Crippen LogP contribution >= 0.6 is 15.9 Å². The van der Waals surface area contributed by atoms with Crippen LogP contribution in [0.2, 0.25) is 0 Å². The fourth-order valence-electron chi connectivity index (χ4n) is 1.94. The topological polar surface area (TPSA) is 55.1 Å². The Morgan fingerprint density at radius 3 is 2.65 bits per heavy atom. The van der Waals surface area contributed by atoms with Crippen molar-refractivity contribution in [3.8, 4) is 0 Å². The highest BCUT2D eigenvalue weighted by molar-refractivity contribution is 9.10. The Kier molecular flexibility index (Phi) is 4.39. The van der Waals surface area contributed by atoms with Crippen molar-refractivity contribution in [1.29, 1.82) is 0 Å². The normalized spacial score (nSPS) is 16.9. The SMILES string of the molecule is NC(CC(=O)Nc1ccc(Br)c(C(F)(F)F)c1)C1CC1. The Hall–Kier alpha value is -1.08. The van der Waals surface area contributed by atoms with E-state index >= 15 is 0 Å². The molecule has 0 bridgehead atoms. The lowest BCUT2D eigenvalue weighted by molar-refractivity contribution is -0.138. The van der Waals surface area contributed by atoms with Gasteiger partial charge in [-0.2, -0.15) is 13.2 Å². The summed E-state index contributed by atoms with van der Waals surface area (Å²) in [6, 6.07) is 3.37. The van der Waals surface area contributed by atoms with Crippen LogP contribution < -0.4 is 11.1 Å². The summed E-state index contributed by atoms with van der Waals surface area (Å²) >= 11 is 2.85. The van der Waals surface area contributed by atoms with Crippen molar-refractivity contribution in [1.82, 2.24) is 0 Å². The second-order valence-electron chi connectivity index (χ2n) is 4.95. The molecule has 20 heavy (non-hydrogen) atoms. The molecule has 0 aliphatic heterocycles. The lowest BCUT2D eigenvalue weighted by atomic mass is 10.1. The molecule has 1 saturated carbocycles. The molecule has 0 heterocycles. The first-order valence-corrected chi connectivity index (χ1v) is 6.99. The molecule has 1 aromatic rings. The molecule has 0 saturated heterocycles. The molecule has 3 nitrogen and oxygen atoms in total. The molecule has 1 aliphatic carbocycles. The number of amides is 1. The lowest BCUT2D eigenvalue weighted by Crippen LogP contribution is -2.28. The molecule has 1 unspecified atom stereocenters. The molecular weight excluding hydrogens is 337 g/mol. The van der Waals surface area contributed by atoms with Gasteiger partial charge in [0.25, 0.3) is 0 Å². The van der Waals surface area contributed by atoms with Crippen molar-refractivity contribution in [2.24, 2.45) is 11.7 Å². The van der Waals surface area contributed by atoms with E-state index in [0.717, 1.165) is 18.9 Å². The minimum absolute atomic E-state index is 0.0577. The van der Waals surface area contributed by atoms with Crippen LogP contribution in [-0.2, 0) is 11.0 Å². The number of carbonyl (C=O) groups is 1. The molecule has 3 N–H and O–H groups in total.